The smallest absolute Gasteiger partial charge is 0.321 e. The van der Waals surface area contributed by atoms with E-state index >= 15 is 0 Å². The van der Waals surface area contributed by atoms with Crippen molar-refractivity contribution < 1.29 is 19.1 Å². The summed E-state index contributed by atoms with van der Waals surface area (Å²) in [4.78, 5) is 21.5. The van der Waals surface area contributed by atoms with Crippen LogP contribution in [-0.2, 0) is 19.1 Å². The Kier molecular flexibility index (Phi) is 6.66. The molecule has 0 aliphatic carbocycles. The van der Waals surface area contributed by atoms with Gasteiger partial charge in [-0.25, -0.2) is 0 Å². The van der Waals surface area contributed by atoms with Crippen LogP contribution < -0.4 is 0 Å². The minimum absolute atomic E-state index is 0.222. The van der Waals surface area contributed by atoms with E-state index in [0.29, 0.717) is 0 Å². The van der Waals surface area contributed by atoms with Gasteiger partial charge in [-0.05, 0) is 13.8 Å². The molecule has 0 spiro atoms. The van der Waals surface area contributed by atoms with Gasteiger partial charge in [0.15, 0.2) is 0 Å². The van der Waals surface area contributed by atoms with Crippen molar-refractivity contribution in [3.05, 3.63) is 0 Å². The van der Waals surface area contributed by atoms with E-state index in [0.717, 1.165) is 0 Å². The molecule has 0 N–H and O–H groups in total. The second-order valence-corrected chi connectivity index (χ2v) is 3.19. The molecule has 0 heterocycles. The van der Waals surface area contributed by atoms with Crippen LogP contribution in [0.1, 0.15) is 13.8 Å². The average Bonchev–Trinajstić information content (AvgIpc) is 2.17. The first-order valence-corrected chi connectivity index (χ1v) is 5.09. The number of alkyl halides is 2. The van der Waals surface area contributed by atoms with Crippen molar-refractivity contribution in [2.24, 2.45) is 0 Å². The molecule has 2 atom stereocenters. The number of halogens is 2. The van der Waals surface area contributed by atoms with E-state index in [1.54, 1.807) is 13.8 Å². The maximum atomic E-state index is 10.8. The van der Waals surface area contributed by atoms with Crippen LogP contribution in [0.25, 0.3) is 0 Å². The summed E-state index contributed by atoms with van der Waals surface area (Å²) >= 11 is 10.5. The second-order valence-electron chi connectivity index (χ2n) is 2.66. The first kappa shape index (κ1) is 13.5. The summed E-state index contributed by atoms with van der Waals surface area (Å²) < 4.78 is 9.63. The molecule has 0 aromatic heterocycles. The lowest BCUT2D eigenvalue weighted by molar-refractivity contribution is -0.161. The Morgan fingerprint density at radius 1 is 1.00 bits per heavy atom. The highest BCUT2D eigenvalue weighted by molar-refractivity contribution is 6.26. The number of rotatable bonds is 5. The third-order valence-electron chi connectivity index (χ3n) is 1.51. The molecular weight excluding hydrogens is 231 g/mol. The van der Waals surface area contributed by atoms with Crippen LogP contribution in [0.2, 0.25) is 0 Å². The molecule has 0 amide bonds. The van der Waals surface area contributed by atoms with Gasteiger partial charge in [0.05, 0.1) is 0 Å². The molecule has 0 bridgehead atoms. The standard InChI is InChI=1S/C8H12Cl2O4/c1-5(13-7(11)3-9)6(2)14-8(12)4-10/h5-6H,3-4H2,1-2H3/t5-,6-/m1/s1. The maximum absolute atomic E-state index is 10.8. The summed E-state index contributed by atoms with van der Waals surface area (Å²) in [5.74, 6) is -1.54. The number of hydrogen-bond acceptors (Lipinski definition) is 4. The van der Waals surface area contributed by atoms with E-state index in [2.05, 4.69) is 0 Å². The molecule has 0 radical (unpaired) electrons. The van der Waals surface area contributed by atoms with Crippen LogP contribution in [0, 0.1) is 0 Å². The predicted octanol–water partition coefficient (Wildman–Crippen LogP) is 1.33. The zero-order chi connectivity index (χ0) is 11.1. The second kappa shape index (κ2) is 6.90. The van der Waals surface area contributed by atoms with Gasteiger partial charge in [-0.2, -0.15) is 0 Å². The molecule has 4 nitrogen and oxygen atoms in total. The Morgan fingerprint density at radius 3 is 1.50 bits per heavy atom. The predicted molar refractivity (Wildman–Crippen MR) is 52.5 cm³/mol. The highest BCUT2D eigenvalue weighted by Crippen LogP contribution is 2.04. The summed E-state index contributed by atoms with van der Waals surface area (Å²) in [7, 11) is 0. The largest absolute Gasteiger partial charge is 0.458 e. The van der Waals surface area contributed by atoms with Crippen molar-refractivity contribution in [1.29, 1.82) is 0 Å². The van der Waals surface area contributed by atoms with E-state index in [4.69, 9.17) is 32.7 Å². The summed E-state index contributed by atoms with van der Waals surface area (Å²) in [5.41, 5.74) is 0. The minimum Gasteiger partial charge on any atom is -0.458 e. The highest BCUT2D eigenvalue weighted by atomic mass is 35.5. The molecule has 14 heavy (non-hydrogen) atoms. The van der Waals surface area contributed by atoms with Gasteiger partial charge < -0.3 is 9.47 Å². The number of esters is 2. The van der Waals surface area contributed by atoms with E-state index in [1.165, 1.54) is 0 Å². The molecular formula is C8H12Cl2O4. The Bertz CT molecular complexity index is 186. The van der Waals surface area contributed by atoms with E-state index in [9.17, 15) is 9.59 Å². The van der Waals surface area contributed by atoms with E-state index < -0.39 is 24.1 Å². The lowest BCUT2D eigenvalue weighted by Crippen LogP contribution is -2.31. The number of carbonyl (C=O) groups is 2. The highest BCUT2D eigenvalue weighted by Gasteiger charge is 2.19. The van der Waals surface area contributed by atoms with Crippen molar-refractivity contribution >= 4 is 35.1 Å². The molecule has 0 aromatic rings. The van der Waals surface area contributed by atoms with Gasteiger partial charge >= 0.3 is 11.9 Å². The van der Waals surface area contributed by atoms with Crippen LogP contribution in [0.15, 0.2) is 0 Å². The Hall–Kier alpha value is -0.480. The van der Waals surface area contributed by atoms with Gasteiger partial charge in [-0.15, -0.1) is 23.2 Å². The van der Waals surface area contributed by atoms with Gasteiger partial charge in [0.2, 0.25) is 0 Å². The minimum atomic E-state index is -0.548. The lowest BCUT2D eigenvalue weighted by Gasteiger charge is -2.19. The zero-order valence-corrected chi connectivity index (χ0v) is 9.47. The van der Waals surface area contributed by atoms with Gasteiger partial charge in [-0.3, -0.25) is 9.59 Å². The molecule has 82 valence electrons. The van der Waals surface area contributed by atoms with Crippen LogP contribution in [0.4, 0.5) is 0 Å². The van der Waals surface area contributed by atoms with Crippen molar-refractivity contribution in [3.63, 3.8) is 0 Å². The third kappa shape index (κ3) is 5.29. The molecule has 6 heteroatoms. The van der Waals surface area contributed by atoms with E-state index in [-0.39, 0.29) is 11.8 Å². The van der Waals surface area contributed by atoms with Crippen LogP contribution in [0.5, 0.6) is 0 Å². The summed E-state index contributed by atoms with van der Waals surface area (Å²) in [5, 5.41) is 0. The number of ether oxygens (including phenoxy) is 2. The molecule has 0 saturated carbocycles. The normalized spacial score (nSPS) is 14.3. The molecule has 0 saturated heterocycles. The fourth-order valence-electron chi connectivity index (χ4n) is 0.669. The van der Waals surface area contributed by atoms with Crippen molar-refractivity contribution in [2.75, 3.05) is 11.8 Å². The first-order valence-electron chi connectivity index (χ1n) is 4.02. The monoisotopic (exact) mass is 242 g/mol. The topological polar surface area (TPSA) is 52.6 Å². The Labute approximate surface area is 92.5 Å². The van der Waals surface area contributed by atoms with Gasteiger partial charge in [0, 0.05) is 0 Å². The van der Waals surface area contributed by atoms with Crippen LogP contribution in [-0.4, -0.2) is 35.9 Å². The molecule has 0 aromatic carbocycles. The summed E-state index contributed by atoms with van der Waals surface area (Å²) in [6, 6.07) is 0. The molecule has 0 aliphatic heterocycles. The average molecular weight is 243 g/mol. The summed E-state index contributed by atoms with van der Waals surface area (Å²) in [6.45, 7) is 3.22. The SMILES string of the molecule is C[C@@H](OC(=O)CCl)[C@@H](C)OC(=O)CCl. The van der Waals surface area contributed by atoms with Crippen LogP contribution >= 0.6 is 23.2 Å². The summed E-state index contributed by atoms with van der Waals surface area (Å²) in [6.07, 6.45) is -1.07. The first-order chi connectivity index (χ1) is 6.51. The third-order valence-corrected chi connectivity index (χ3v) is 1.95. The fraction of sp³-hybridized carbons (Fsp3) is 0.750. The Balaban J connectivity index is 3.92. The molecule has 0 unspecified atom stereocenters. The van der Waals surface area contributed by atoms with Crippen molar-refractivity contribution in [1.82, 2.24) is 0 Å². The lowest BCUT2D eigenvalue weighted by atomic mass is 10.2. The van der Waals surface area contributed by atoms with Crippen molar-refractivity contribution in [2.45, 2.75) is 26.1 Å². The molecule has 0 aliphatic rings. The quantitative estimate of drug-likeness (QED) is 0.540. The zero-order valence-electron chi connectivity index (χ0n) is 7.96. The maximum Gasteiger partial charge on any atom is 0.321 e. The Morgan fingerprint density at radius 2 is 1.29 bits per heavy atom. The number of carbonyl (C=O) groups excluding carboxylic acids is 2. The molecule has 0 rings (SSSR count). The van der Waals surface area contributed by atoms with Gasteiger partial charge in [0.25, 0.3) is 0 Å². The molecule has 0 fully saturated rings. The van der Waals surface area contributed by atoms with Crippen molar-refractivity contribution in [3.8, 4) is 0 Å². The van der Waals surface area contributed by atoms with Gasteiger partial charge in [-0.1, -0.05) is 0 Å². The van der Waals surface area contributed by atoms with E-state index in [1.807, 2.05) is 0 Å². The van der Waals surface area contributed by atoms with Crippen LogP contribution in [0.3, 0.4) is 0 Å². The fourth-order valence-corrected chi connectivity index (χ4v) is 0.795. The number of hydrogen-bond donors (Lipinski definition) is 0. The van der Waals surface area contributed by atoms with Gasteiger partial charge in [0.1, 0.15) is 24.0 Å².